The van der Waals surface area contributed by atoms with Crippen molar-refractivity contribution < 1.29 is 4.74 Å². The van der Waals surface area contributed by atoms with Gasteiger partial charge in [0.25, 0.3) is 0 Å². The lowest BCUT2D eigenvalue weighted by Crippen LogP contribution is -2.08. The van der Waals surface area contributed by atoms with E-state index < -0.39 is 0 Å². The predicted octanol–water partition coefficient (Wildman–Crippen LogP) is 3.78. The molecule has 0 spiro atoms. The van der Waals surface area contributed by atoms with E-state index in [1.807, 2.05) is 38.1 Å². The third-order valence-corrected chi connectivity index (χ3v) is 3.45. The van der Waals surface area contributed by atoms with Gasteiger partial charge >= 0.3 is 0 Å². The highest BCUT2D eigenvalue weighted by Gasteiger charge is 2.14. The zero-order valence-electron chi connectivity index (χ0n) is 10.8. The number of nitrogens with two attached hydrogens (primary N) is 1. The largest absolute Gasteiger partial charge is 0.484 e. The maximum Gasteiger partial charge on any atom is 0.197 e. The highest BCUT2D eigenvalue weighted by atomic mass is 35.5. The smallest absolute Gasteiger partial charge is 0.197 e. The second-order valence-electron chi connectivity index (χ2n) is 4.37. The number of aromatic nitrogens is 1. The Morgan fingerprint density at radius 2 is 2.05 bits per heavy atom. The zero-order chi connectivity index (χ0) is 13.8. The van der Waals surface area contributed by atoms with E-state index >= 15 is 0 Å². The number of benzene rings is 1. The van der Waals surface area contributed by atoms with E-state index in [-0.39, 0.29) is 6.10 Å². The van der Waals surface area contributed by atoms with Gasteiger partial charge in [-0.2, -0.15) is 4.37 Å². The molecule has 0 amide bonds. The number of nitrogens with one attached hydrogen (secondary N) is 1. The summed E-state index contributed by atoms with van der Waals surface area (Å²) < 4.78 is 9.77. The Labute approximate surface area is 121 Å². The molecule has 3 N–H and O–H groups in total. The fourth-order valence-corrected chi connectivity index (χ4v) is 2.31. The lowest BCUT2D eigenvalue weighted by atomic mass is 10.2. The Hall–Kier alpha value is -1.46. The minimum absolute atomic E-state index is 0.0646. The van der Waals surface area contributed by atoms with Gasteiger partial charge in [-0.1, -0.05) is 23.7 Å². The van der Waals surface area contributed by atoms with Crippen molar-refractivity contribution in [1.29, 1.82) is 0 Å². The quantitative estimate of drug-likeness (QED) is 0.882. The summed E-state index contributed by atoms with van der Waals surface area (Å²) in [5, 5.41) is 4.86. The van der Waals surface area contributed by atoms with E-state index in [2.05, 4.69) is 9.69 Å². The van der Waals surface area contributed by atoms with Crippen molar-refractivity contribution in [3.05, 3.63) is 34.9 Å². The molecule has 1 aromatic carbocycles. The van der Waals surface area contributed by atoms with Gasteiger partial charge in [-0.3, -0.25) is 0 Å². The van der Waals surface area contributed by atoms with Gasteiger partial charge in [0, 0.05) is 11.6 Å². The molecule has 0 aliphatic rings. The number of nitrogen functional groups attached to an aromatic ring is 1. The lowest BCUT2D eigenvalue weighted by Gasteiger charge is -2.11. The summed E-state index contributed by atoms with van der Waals surface area (Å²) in [7, 11) is 0. The number of hydrogen-bond acceptors (Lipinski definition) is 5. The van der Waals surface area contributed by atoms with E-state index in [1.54, 1.807) is 0 Å². The molecule has 0 atom stereocenters. The van der Waals surface area contributed by atoms with Crippen molar-refractivity contribution >= 4 is 34.0 Å². The number of anilines is 2. The van der Waals surface area contributed by atoms with Gasteiger partial charge in [0.1, 0.15) is 0 Å². The van der Waals surface area contributed by atoms with Crippen molar-refractivity contribution in [2.45, 2.75) is 26.5 Å². The molecule has 0 bridgehead atoms. The molecule has 0 radical (unpaired) electrons. The fraction of sp³-hybridized carbons (Fsp3) is 0.308. The number of nitrogens with zero attached hydrogens (tertiary/aromatic N) is 1. The van der Waals surface area contributed by atoms with E-state index in [0.717, 1.165) is 15.6 Å². The average molecular weight is 298 g/mol. The molecule has 1 heterocycles. The van der Waals surface area contributed by atoms with Crippen LogP contribution in [0.3, 0.4) is 0 Å². The van der Waals surface area contributed by atoms with Crippen LogP contribution < -0.4 is 15.8 Å². The van der Waals surface area contributed by atoms with Crippen molar-refractivity contribution in [3.8, 4) is 5.75 Å². The minimum Gasteiger partial charge on any atom is -0.484 e. The van der Waals surface area contributed by atoms with Crippen LogP contribution in [0, 0.1) is 0 Å². The van der Waals surface area contributed by atoms with Crippen molar-refractivity contribution in [1.82, 2.24) is 4.37 Å². The van der Waals surface area contributed by atoms with Crippen LogP contribution in [0.4, 0.5) is 10.8 Å². The van der Waals surface area contributed by atoms with Crippen LogP contribution in [0.2, 0.25) is 5.02 Å². The second kappa shape index (κ2) is 6.12. The first-order chi connectivity index (χ1) is 9.06. The molecule has 0 aliphatic carbocycles. The van der Waals surface area contributed by atoms with Crippen molar-refractivity contribution in [2.24, 2.45) is 0 Å². The summed E-state index contributed by atoms with van der Waals surface area (Å²) in [6.07, 6.45) is 0.0646. The molecule has 0 saturated heterocycles. The van der Waals surface area contributed by atoms with Gasteiger partial charge < -0.3 is 15.8 Å². The fourth-order valence-electron chi connectivity index (χ4n) is 1.54. The number of halogens is 1. The summed E-state index contributed by atoms with van der Waals surface area (Å²) in [5.41, 5.74) is 6.93. The molecule has 2 aromatic rings. The summed E-state index contributed by atoms with van der Waals surface area (Å²) in [4.78, 5) is 0. The van der Waals surface area contributed by atoms with Gasteiger partial charge in [-0.05, 0) is 43.1 Å². The average Bonchev–Trinajstić information content (AvgIpc) is 2.70. The number of hydrogen-bond donors (Lipinski definition) is 2. The topological polar surface area (TPSA) is 60.2 Å². The normalized spacial score (nSPS) is 10.7. The van der Waals surface area contributed by atoms with Gasteiger partial charge in [-0.15, -0.1) is 0 Å². The van der Waals surface area contributed by atoms with Crippen LogP contribution in [0.1, 0.15) is 19.4 Å². The molecule has 0 fully saturated rings. The molecular weight excluding hydrogens is 282 g/mol. The van der Waals surface area contributed by atoms with Crippen LogP contribution in [0.15, 0.2) is 24.3 Å². The monoisotopic (exact) mass is 297 g/mol. The van der Waals surface area contributed by atoms with Crippen LogP contribution in [-0.2, 0) is 6.54 Å². The second-order valence-corrected chi connectivity index (χ2v) is 5.58. The lowest BCUT2D eigenvalue weighted by molar-refractivity contribution is 0.245. The maximum atomic E-state index is 5.85. The molecule has 19 heavy (non-hydrogen) atoms. The number of ether oxygens (including phenoxy) is 1. The van der Waals surface area contributed by atoms with E-state index in [9.17, 15) is 0 Å². The third kappa shape index (κ3) is 3.75. The zero-order valence-corrected chi connectivity index (χ0v) is 12.4. The van der Waals surface area contributed by atoms with Crippen LogP contribution in [0.5, 0.6) is 5.75 Å². The molecule has 0 saturated carbocycles. The first-order valence-corrected chi connectivity index (χ1v) is 7.11. The third-order valence-electron chi connectivity index (χ3n) is 2.39. The summed E-state index contributed by atoms with van der Waals surface area (Å²) in [6, 6.07) is 7.68. The first kappa shape index (κ1) is 14.0. The summed E-state index contributed by atoms with van der Waals surface area (Å²) >= 11 is 7.15. The van der Waals surface area contributed by atoms with Crippen molar-refractivity contribution in [2.75, 3.05) is 11.1 Å². The van der Waals surface area contributed by atoms with E-state index in [4.69, 9.17) is 22.1 Å². The number of rotatable bonds is 5. The summed E-state index contributed by atoms with van der Waals surface area (Å²) in [5.74, 6) is 1.06. The van der Waals surface area contributed by atoms with Gasteiger partial charge in [0.2, 0.25) is 0 Å². The Morgan fingerprint density at radius 1 is 1.37 bits per heavy atom. The van der Waals surface area contributed by atoms with Crippen LogP contribution in [-0.4, -0.2) is 10.5 Å². The SMILES string of the molecule is CC(C)Oc1c(N)nsc1NCc1ccc(Cl)cc1. The van der Waals surface area contributed by atoms with Gasteiger partial charge in [-0.25, -0.2) is 0 Å². The Bertz CT molecular complexity index is 539. The predicted molar refractivity (Wildman–Crippen MR) is 81.1 cm³/mol. The minimum atomic E-state index is 0.0646. The van der Waals surface area contributed by atoms with Gasteiger partial charge in [0.05, 0.1) is 6.10 Å². The maximum absolute atomic E-state index is 5.85. The molecular formula is C13H16ClN3OS. The first-order valence-electron chi connectivity index (χ1n) is 5.96. The van der Waals surface area contributed by atoms with Crippen LogP contribution >= 0.6 is 23.1 Å². The molecule has 102 valence electrons. The highest BCUT2D eigenvalue weighted by Crippen LogP contribution is 2.36. The molecule has 6 heteroatoms. The molecule has 2 rings (SSSR count). The summed E-state index contributed by atoms with van der Waals surface area (Å²) in [6.45, 7) is 4.59. The molecule has 0 unspecified atom stereocenters. The molecule has 0 aliphatic heterocycles. The standard InChI is InChI=1S/C13H16ClN3OS/c1-8(2)18-11-12(15)17-19-13(11)16-7-9-3-5-10(14)6-4-9/h3-6,8,16H,7H2,1-2H3,(H2,15,17). The molecule has 4 nitrogen and oxygen atoms in total. The Kier molecular flexibility index (Phi) is 4.50. The van der Waals surface area contributed by atoms with Gasteiger partial charge in [0.15, 0.2) is 16.6 Å². The van der Waals surface area contributed by atoms with Crippen molar-refractivity contribution in [3.63, 3.8) is 0 Å². The Balaban J connectivity index is 2.05. The molecule has 1 aromatic heterocycles. The Morgan fingerprint density at radius 3 is 2.68 bits per heavy atom. The van der Waals surface area contributed by atoms with Crippen LogP contribution in [0.25, 0.3) is 0 Å². The highest BCUT2D eigenvalue weighted by molar-refractivity contribution is 7.11. The van der Waals surface area contributed by atoms with E-state index in [0.29, 0.717) is 18.1 Å². The van der Waals surface area contributed by atoms with E-state index in [1.165, 1.54) is 11.5 Å².